The van der Waals surface area contributed by atoms with Crippen LogP contribution in [0.15, 0.2) is 22.9 Å². The third-order valence-corrected chi connectivity index (χ3v) is 4.15. The average Bonchev–Trinajstić information content (AvgIpc) is 2.88. The Hall–Kier alpha value is -0.710. The van der Waals surface area contributed by atoms with E-state index in [0.29, 0.717) is 5.92 Å². The molecule has 0 spiro atoms. The van der Waals surface area contributed by atoms with E-state index in [9.17, 15) is 0 Å². The van der Waals surface area contributed by atoms with Crippen LogP contribution >= 0.6 is 22.7 Å². The van der Waals surface area contributed by atoms with Crippen molar-refractivity contribution in [2.24, 2.45) is 5.73 Å². The first-order valence-electron chi connectivity index (χ1n) is 4.92. The van der Waals surface area contributed by atoms with E-state index in [-0.39, 0.29) is 6.04 Å². The molecule has 0 aliphatic carbocycles. The summed E-state index contributed by atoms with van der Waals surface area (Å²) >= 11 is 3.34. The lowest BCUT2D eigenvalue weighted by atomic mass is 10.2. The van der Waals surface area contributed by atoms with Crippen molar-refractivity contribution < 1.29 is 0 Å². The lowest BCUT2D eigenvalue weighted by Gasteiger charge is -2.05. The monoisotopic (exact) mass is 238 g/mol. The normalized spacial score (nSPS) is 13.3. The lowest BCUT2D eigenvalue weighted by molar-refractivity contribution is 0.801. The lowest BCUT2D eigenvalue weighted by Crippen LogP contribution is -2.09. The molecule has 2 heterocycles. The molecule has 0 aliphatic heterocycles. The first-order valence-corrected chi connectivity index (χ1v) is 6.68. The SMILES string of the molecule is CC(C)c1csc(C(N)c2cccs2)n1. The van der Waals surface area contributed by atoms with Crippen LogP contribution < -0.4 is 5.73 Å². The summed E-state index contributed by atoms with van der Waals surface area (Å²) in [5.41, 5.74) is 7.27. The van der Waals surface area contributed by atoms with Gasteiger partial charge < -0.3 is 5.73 Å². The van der Waals surface area contributed by atoms with Gasteiger partial charge in [0.15, 0.2) is 0 Å². The smallest absolute Gasteiger partial charge is 0.115 e. The topological polar surface area (TPSA) is 38.9 Å². The zero-order chi connectivity index (χ0) is 10.8. The van der Waals surface area contributed by atoms with Crippen molar-refractivity contribution in [3.8, 4) is 0 Å². The second-order valence-electron chi connectivity index (χ2n) is 3.76. The zero-order valence-electron chi connectivity index (χ0n) is 8.81. The molecule has 2 N–H and O–H groups in total. The fourth-order valence-corrected chi connectivity index (χ4v) is 3.10. The quantitative estimate of drug-likeness (QED) is 0.890. The van der Waals surface area contributed by atoms with Crippen LogP contribution in [0.5, 0.6) is 0 Å². The second-order valence-corrected chi connectivity index (χ2v) is 5.63. The van der Waals surface area contributed by atoms with Crippen molar-refractivity contribution >= 4 is 22.7 Å². The largest absolute Gasteiger partial charge is 0.318 e. The van der Waals surface area contributed by atoms with Crippen LogP contribution in [0.2, 0.25) is 0 Å². The van der Waals surface area contributed by atoms with Crippen molar-refractivity contribution in [1.29, 1.82) is 0 Å². The van der Waals surface area contributed by atoms with Crippen LogP contribution in [0.4, 0.5) is 0 Å². The molecule has 0 aliphatic rings. The highest BCUT2D eigenvalue weighted by molar-refractivity contribution is 7.11. The van der Waals surface area contributed by atoms with E-state index >= 15 is 0 Å². The predicted molar refractivity (Wildman–Crippen MR) is 66.6 cm³/mol. The highest BCUT2D eigenvalue weighted by atomic mass is 32.1. The van der Waals surface area contributed by atoms with E-state index in [2.05, 4.69) is 30.3 Å². The first kappa shape index (κ1) is 10.8. The number of hydrogen-bond donors (Lipinski definition) is 1. The van der Waals surface area contributed by atoms with Crippen LogP contribution in [-0.4, -0.2) is 4.98 Å². The van der Waals surface area contributed by atoms with Gasteiger partial charge in [-0.1, -0.05) is 19.9 Å². The molecule has 15 heavy (non-hydrogen) atoms. The van der Waals surface area contributed by atoms with Crippen LogP contribution in [0, 0.1) is 0 Å². The molecular formula is C11H14N2S2. The molecule has 0 bridgehead atoms. The molecule has 2 rings (SSSR count). The summed E-state index contributed by atoms with van der Waals surface area (Å²) in [6, 6.07) is 4.03. The number of thiophene rings is 1. The summed E-state index contributed by atoms with van der Waals surface area (Å²) < 4.78 is 0. The van der Waals surface area contributed by atoms with Crippen molar-refractivity contribution in [1.82, 2.24) is 4.98 Å². The number of hydrogen-bond acceptors (Lipinski definition) is 4. The maximum atomic E-state index is 6.13. The molecule has 2 aromatic rings. The number of rotatable bonds is 3. The zero-order valence-corrected chi connectivity index (χ0v) is 10.4. The maximum absolute atomic E-state index is 6.13. The van der Waals surface area contributed by atoms with Gasteiger partial charge in [0.05, 0.1) is 11.7 Å². The molecule has 2 aromatic heterocycles. The standard InChI is InChI=1S/C11H14N2S2/c1-7(2)8-6-15-11(13-8)10(12)9-4-3-5-14-9/h3-7,10H,12H2,1-2H3. The third kappa shape index (κ3) is 2.27. The molecule has 0 radical (unpaired) electrons. The molecule has 1 unspecified atom stereocenters. The van der Waals surface area contributed by atoms with Gasteiger partial charge in [-0.05, 0) is 17.4 Å². The fraction of sp³-hybridized carbons (Fsp3) is 0.364. The molecule has 0 saturated heterocycles. The molecule has 2 nitrogen and oxygen atoms in total. The Kier molecular flexibility index (Phi) is 3.19. The summed E-state index contributed by atoms with van der Waals surface area (Å²) in [6.45, 7) is 4.30. The van der Waals surface area contributed by atoms with Crippen LogP contribution in [0.1, 0.15) is 41.4 Å². The number of nitrogens with two attached hydrogens (primary N) is 1. The maximum Gasteiger partial charge on any atom is 0.115 e. The molecular weight excluding hydrogens is 224 g/mol. The first-order chi connectivity index (χ1) is 7.18. The summed E-state index contributed by atoms with van der Waals surface area (Å²) in [5.74, 6) is 0.477. The van der Waals surface area contributed by atoms with E-state index in [1.807, 2.05) is 11.4 Å². The Morgan fingerprint density at radius 3 is 2.67 bits per heavy atom. The molecule has 4 heteroatoms. The molecule has 0 saturated carbocycles. The van der Waals surface area contributed by atoms with E-state index in [1.165, 1.54) is 4.88 Å². The van der Waals surface area contributed by atoms with Gasteiger partial charge in [0.1, 0.15) is 5.01 Å². The van der Waals surface area contributed by atoms with Gasteiger partial charge in [-0.2, -0.15) is 0 Å². The van der Waals surface area contributed by atoms with Gasteiger partial charge >= 0.3 is 0 Å². The molecule has 0 fully saturated rings. The minimum absolute atomic E-state index is 0.0532. The highest BCUT2D eigenvalue weighted by Gasteiger charge is 2.14. The minimum Gasteiger partial charge on any atom is -0.318 e. The average molecular weight is 238 g/mol. The molecule has 0 aromatic carbocycles. The number of thiazole rings is 1. The summed E-state index contributed by atoms with van der Waals surface area (Å²) in [7, 11) is 0. The second kappa shape index (κ2) is 4.43. The fourth-order valence-electron chi connectivity index (χ4n) is 1.30. The molecule has 0 amide bonds. The Morgan fingerprint density at radius 1 is 1.33 bits per heavy atom. The Bertz CT molecular complexity index is 417. The Morgan fingerprint density at radius 2 is 2.13 bits per heavy atom. The van der Waals surface area contributed by atoms with E-state index < -0.39 is 0 Å². The van der Waals surface area contributed by atoms with E-state index in [0.717, 1.165) is 10.7 Å². The van der Waals surface area contributed by atoms with Crippen LogP contribution in [0.25, 0.3) is 0 Å². The van der Waals surface area contributed by atoms with Gasteiger partial charge in [-0.15, -0.1) is 22.7 Å². The predicted octanol–water partition coefficient (Wildman–Crippen LogP) is 3.38. The number of nitrogens with zero attached hydrogens (tertiary/aromatic N) is 1. The highest BCUT2D eigenvalue weighted by Crippen LogP contribution is 2.27. The summed E-state index contributed by atoms with van der Waals surface area (Å²) in [6.07, 6.45) is 0. The summed E-state index contributed by atoms with van der Waals surface area (Å²) in [5, 5.41) is 5.17. The van der Waals surface area contributed by atoms with Crippen LogP contribution in [0.3, 0.4) is 0 Å². The van der Waals surface area contributed by atoms with Gasteiger partial charge in [-0.25, -0.2) is 4.98 Å². The third-order valence-electron chi connectivity index (χ3n) is 2.25. The van der Waals surface area contributed by atoms with Crippen molar-refractivity contribution in [2.75, 3.05) is 0 Å². The van der Waals surface area contributed by atoms with Gasteiger partial charge in [-0.3, -0.25) is 0 Å². The minimum atomic E-state index is -0.0532. The van der Waals surface area contributed by atoms with Gasteiger partial charge in [0, 0.05) is 10.3 Å². The van der Waals surface area contributed by atoms with Gasteiger partial charge in [0.25, 0.3) is 0 Å². The summed E-state index contributed by atoms with van der Waals surface area (Å²) in [4.78, 5) is 5.75. The number of aromatic nitrogens is 1. The molecule has 1 atom stereocenters. The van der Waals surface area contributed by atoms with E-state index in [4.69, 9.17) is 5.73 Å². The van der Waals surface area contributed by atoms with Crippen molar-refractivity contribution in [2.45, 2.75) is 25.8 Å². The Labute approximate surface area is 97.8 Å². The molecule has 80 valence electrons. The Balaban J connectivity index is 2.23. The van der Waals surface area contributed by atoms with Crippen LogP contribution in [-0.2, 0) is 0 Å². The van der Waals surface area contributed by atoms with Gasteiger partial charge in [0.2, 0.25) is 0 Å². The van der Waals surface area contributed by atoms with Crippen molar-refractivity contribution in [3.05, 3.63) is 38.5 Å². The van der Waals surface area contributed by atoms with Crippen molar-refractivity contribution in [3.63, 3.8) is 0 Å². The van der Waals surface area contributed by atoms with E-state index in [1.54, 1.807) is 22.7 Å².